The number of nitrogen functional groups attached to an aromatic ring is 1. The first-order valence-corrected chi connectivity index (χ1v) is 4.87. The summed E-state index contributed by atoms with van der Waals surface area (Å²) < 4.78 is 0. The van der Waals surface area contributed by atoms with Gasteiger partial charge < -0.3 is 15.3 Å². The number of carbonyl (C=O) groups is 1. The topological polar surface area (TPSA) is 46.3 Å². The summed E-state index contributed by atoms with van der Waals surface area (Å²) in [6.07, 6.45) is 2.95. The van der Waals surface area contributed by atoms with Gasteiger partial charge in [-0.3, -0.25) is 0 Å². The van der Waals surface area contributed by atoms with Gasteiger partial charge in [0.2, 0.25) is 0 Å². The van der Waals surface area contributed by atoms with Gasteiger partial charge in [-0.2, -0.15) is 0 Å². The van der Waals surface area contributed by atoms with Crippen LogP contribution in [0.3, 0.4) is 0 Å². The lowest BCUT2D eigenvalue weighted by Gasteiger charge is -2.10. The van der Waals surface area contributed by atoms with E-state index in [1.165, 1.54) is 11.1 Å². The predicted octanol–water partition coefficient (Wildman–Crippen LogP) is 0.777. The second-order valence-electron chi connectivity index (χ2n) is 3.57. The molecular formula is C11H12BN2O. The van der Waals surface area contributed by atoms with E-state index in [1.54, 1.807) is 7.41 Å². The van der Waals surface area contributed by atoms with Gasteiger partial charge in [0, 0.05) is 18.8 Å². The van der Waals surface area contributed by atoms with Crippen molar-refractivity contribution in [3.8, 4) is 0 Å². The van der Waals surface area contributed by atoms with Crippen LogP contribution < -0.4 is 5.73 Å². The van der Waals surface area contributed by atoms with Crippen LogP contribution in [0, 0.1) is 0 Å². The van der Waals surface area contributed by atoms with Crippen molar-refractivity contribution in [3.63, 3.8) is 0 Å². The van der Waals surface area contributed by atoms with E-state index >= 15 is 0 Å². The van der Waals surface area contributed by atoms with Crippen LogP contribution in [0.1, 0.15) is 5.56 Å². The fourth-order valence-electron chi connectivity index (χ4n) is 1.68. The van der Waals surface area contributed by atoms with Crippen molar-refractivity contribution < 1.29 is 4.79 Å². The molecule has 0 bridgehead atoms. The molecule has 0 atom stereocenters. The summed E-state index contributed by atoms with van der Waals surface area (Å²) in [6, 6.07) is 7.79. The summed E-state index contributed by atoms with van der Waals surface area (Å²) in [5.41, 5.74) is 8.81. The Hall–Kier alpha value is -1.55. The number of benzene rings is 1. The van der Waals surface area contributed by atoms with E-state index in [0.29, 0.717) is 0 Å². The highest BCUT2D eigenvalue weighted by Crippen LogP contribution is 2.20. The zero-order valence-corrected chi connectivity index (χ0v) is 8.39. The molecule has 0 saturated carbocycles. The molecule has 0 spiro atoms. The Morgan fingerprint density at radius 2 is 2.07 bits per heavy atom. The average Bonchev–Trinajstić information content (AvgIpc) is 2.68. The Bertz CT molecular complexity index is 386. The van der Waals surface area contributed by atoms with Gasteiger partial charge in [-0.1, -0.05) is 18.2 Å². The molecule has 1 aliphatic rings. The molecule has 75 valence electrons. The highest BCUT2D eigenvalue weighted by Gasteiger charge is 2.15. The SMILES string of the molecule is Nc1ccc(C2=CCN([B]C=O)C2)cc1. The summed E-state index contributed by atoms with van der Waals surface area (Å²) in [4.78, 5) is 12.3. The summed E-state index contributed by atoms with van der Waals surface area (Å²) >= 11 is 0. The Morgan fingerprint density at radius 3 is 2.73 bits per heavy atom. The van der Waals surface area contributed by atoms with E-state index in [0.717, 1.165) is 25.0 Å². The minimum Gasteiger partial charge on any atom is -0.399 e. The minimum absolute atomic E-state index is 0.772. The Balaban J connectivity index is 2.07. The maximum absolute atomic E-state index is 10.3. The van der Waals surface area contributed by atoms with E-state index in [4.69, 9.17) is 5.73 Å². The molecule has 0 aliphatic carbocycles. The summed E-state index contributed by atoms with van der Waals surface area (Å²) in [5, 5.41) is 0. The van der Waals surface area contributed by atoms with Crippen LogP contribution in [0.5, 0.6) is 0 Å². The number of nitrogens with zero attached hydrogens (tertiary/aromatic N) is 1. The van der Waals surface area contributed by atoms with Crippen molar-refractivity contribution in [2.24, 2.45) is 0 Å². The van der Waals surface area contributed by atoms with Crippen LogP contribution in [0.15, 0.2) is 30.3 Å². The maximum atomic E-state index is 10.3. The quantitative estimate of drug-likeness (QED) is 0.444. The predicted molar refractivity (Wildman–Crippen MR) is 62.9 cm³/mol. The third-order valence-electron chi connectivity index (χ3n) is 2.50. The molecule has 0 unspecified atom stereocenters. The van der Waals surface area contributed by atoms with Crippen LogP contribution >= 0.6 is 0 Å². The van der Waals surface area contributed by atoms with Gasteiger partial charge in [0.15, 0.2) is 0 Å². The molecular weight excluding hydrogens is 187 g/mol. The van der Waals surface area contributed by atoms with E-state index < -0.39 is 0 Å². The molecule has 1 aliphatic heterocycles. The normalized spacial score (nSPS) is 16.1. The van der Waals surface area contributed by atoms with Gasteiger partial charge in [0.1, 0.15) is 0 Å². The van der Waals surface area contributed by atoms with Crippen LogP contribution in [-0.4, -0.2) is 31.5 Å². The van der Waals surface area contributed by atoms with Crippen LogP contribution in [0.25, 0.3) is 5.57 Å². The van der Waals surface area contributed by atoms with Crippen molar-refractivity contribution in [1.29, 1.82) is 0 Å². The van der Waals surface area contributed by atoms with E-state index in [2.05, 4.69) is 6.08 Å². The van der Waals surface area contributed by atoms with Crippen molar-refractivity contribution in [1.82, 2.24) is 4.81 Å². The molecule has 0 saturated heterocycles. The lowest BCUT2D eigenvalue weighted by molar-refractivity contribution is 0.552. The number of hydrogen-bond donors (Lipinski definition) is 1. The third kappa shape index (κ3) is 2.28. The summed E-state index contributed by atoms with van der Waals surface area (Å²) in [7, 11) is 1.57. The zero-order chi connectivity index (χ0) is 10.7. The van der Waals surface area contributed by atoms with Gasteiger partial charge in [-0.05, 0) is 23.3 Å². The van der Waals surface area contributed by atoms with Crippen molar-refractivity contribution in [2.75, 3.05) is 18.8 Å². The second kappa shape index (κ2) is 4.32. The second-order valence-corrected chi connectivity index (χ2v) is 3.57. The largest absolute Gasteiger partial charge is 0.399 e. The Morgan fingerprint density at radius 1 is 1.33 bits per heavy atom. The maximum Gasteiger partial charge on any atom is 0.293 e. The fraction of sp³-hybridized carbons (Fsp3) is 0.182. The molecule has 1 heterocycles. The smallest absolute Gasteiger partial charge is 0.293 e. The van der Waals surface area contributed by atoms with Crippen molar-refractivity contribution in [3.05, 3.63) is 35.9 Å². The van der Waals surface area contributed by atoms with E-state index in [-0.39, 0.29) is 0 Å². The molecule has 1 aromatic rings. The Labute approximate surface area is 89.8 Å². The average molecular weight is 199 g/mol. The summed E-state index contributed by atoms with van der Waals surface area (Å²) in [5.74, 6) is 0. The van der Waals surface area contributed by atoms with Gasteiger partial charge >= 0.3 is 0 Å². The number of carbonyl (C=O) groups excluding carboxylic acids is 1. The van der Waals surface area contributed by atoms with Crippen molar-refractivity contribution in [2.45, 2.75) is 0 Å². The molecule has 0 amide bonds. The molecule has 15 heavy (non-hydrogen) atoms. The molecule has 1 radical (unpaired) electrons. The lowest BCUT2D eigenvalue weighted by atomic mass is 9.95. The molecule has 0 fully saturated rings. The third-order valence-corrected chi connectivity index (χ3v) is 2.50. The molecule has 3 nitrogen and oxygen atoms in total. The molecule has 4 heteroatoms. The first-order valence-electron chi connectivity index (χ1n) is 4.87. The Kier molecular flexibility index (Phi) is 2.88. The number of nitrogens with two attached hydrogens (primary N) is 1. The van der Waals surface area contributed by atoms with Gasteiger partial charge in [0.05, 0.1) is 6.19 Å². The molecule has 2 rings (SSSR count). The summed E-state index contributed by atoms with van der Waals surface area (Å²) in [6.45, 7) is 1.60. The van der Waals surface area contributed by atoms with Crippen LogP contribution in [-0.2, 0) is 4.79 Å². The number of hydrogen-bond acceptors (Lipinski definition) is 3. The van der Waals surface area contributed by atoms with Crippen LogP contribution in [0.2, 0.25) is 0 Å². The molecule has 0 aromatic heterocycles. The van der Waals surface area contributed by atoms with E-state index in [1.807, 2.05) is 29.1 Å². The highest BCUT2D eigenvalue weighted by atomic mass is 16.1. The lowest BCUT2D eigenvalue weighted by Crippen LogP contribution is -2.26. The van der Waals surface area contributed by atoms with E-state index in [9.17, 15) is 4.79 Å². The first kappa shape index (κ1) is 9.99. The highest BCUT2D eigenvalue weighted by molar-refractivity contribution is 6.64. The monoisotopic (exact) mass is 199 g/mol. The molecule has 2 N–H and O–H groups in total. The fourth-order valence-corrected chi connectivity index (χ4v) is 1.68. The number of anilines is 1. The van der Waals surface area contributed by atoms with Crippen molar-refractivity contribution >= 4 is 24.9 Å². The standard InChI is InChI=1S/C11H12BN2O/c13-11-3-1-9(2-4-11)10-5-6-14(7-10)12-8-15/h1-5,8H,6-7,13H2. The van der Waals surface area contributed by atoms with Gasteiger partial charge in [0.25, 0.3) is 7.41 Å². The minimum atomic E-state index is 0.772. The van der Waals surface area contributed by atoms with Crippen LogP contribution in [0.4, 0.5) is 5.69 Å². The van der Waals surface area contributed by atoms with Gasteiger partial charge in [-0.25, -0.2) is 0 Å². The first-order chi connectivity index (χ1) is 7.29. The number of rotatable bonds is 3. The zero-order valence-electron chi connectivity index (χ0n) is 8.39. The van der Waals surface area contributed by atoms with Gasteiger partial charge in [-0.15, -0.1) is 0 Å². The molecule has 1 aromatic carbocycles.